The third-order valence-corrected chi connectivity index (χ3v) is 4.77. The third kappa shape index (κ3) is 3.62. The fraction of sp³-hybridized carbons (Fsp3) is 0.474. The lowest BCUT2D eigenvalue weighted by Crippen LogP contribution is -2.42. The van der Waals surface area contributed by atoms with Crippen molar-refractivity contribution < 1.29 is 9.59 Å². The Hall–Kier alpha value is -2.50. The van der Waals surface area contributed by atoms with E-state index in [0.29, 0.717) is 24.3 Å². The average molecular weight is 340 g/mol. The molecular formula is C19H24N4O2. The van der Waals surface area contributed by atoms with E-state index in [-0.39, 0.29) is 17.6 Å². The summed E-state index contributed by atoms with van der Waals surface area (Å²) in [4.78, 5) is 31.5. The molecule has 6 nitrogen and oxygen atoms in total. The number of nitrogens with zero attached hydrogens (tertiary/aromatic N) is 4. The van der Waals surface area contributed by atoms with Crippen molar-refractivity contribution in [1.82, 2.24) is 19.7 Å². The molecule has 0 N–H and O–H groups in total. The van der Waals surface area contributed by atoms with Gasteiger partial charge < -0.3 is 4.90 Å². The van der Waals surface area contributed by atoms with Crippen LogP contribution in [0.5, 0.6) is 0 Å². The van der Waals surface area contributed by atoms with Gasteiger partial charge in [-0.3, -0.25) is 19.3 Å². The van der Waals surface area contributed by atoms with Gasteiger partial charge in [0.05, 0.1) is 11.8 Å². The van der Waals surface area contributed by atoms with Crippen LogP contribution < -0.4 is 0 Å². The van der Waals surface area contributed by atoms with Crippen molar-refractivity contribution in [3.63, 3.8) is 0 Å². The molecule has 0 aliphatic carbocycles. The van der Waals surface area contributed by atoms with Gasteiger partial charge in [0.2, 0.25) is 0 Å². The molecule has 6 heteroatoms. The summed E-state index contributed by atoms with van der Waals surface area (Å²) in [5, 5.41) is 4.32. The predicted octanol–water partition coefficient (Wildman–Crippen LogP) is 2.73. The number of amides is 1. The Morgan fingerprint density at radius 1 is 1.32 bits per heavy atom. The molecule has 0 bridgehead atoms. The predicted molar refractivity (Wildman–Crippen MR) is 94.5 cm³/mol. The van der Waals surface area contributed by atoms with E-state index in [2.05, 4.69) is 17.0 Å². The van der Waals surface area contributed by atoms with Crippen molar-refractivity contribution in [2.45, 2.75) is 39.7 Å². The van der Waals surface area contributed by atoms with E-state index >= 15 is 0 Å². The molecule has 2 aromatic rings. The second-order valence-electron chi connectivity index (χ2n) is 6.54. The summed E-state index contributed by atoms with van der Waals surface area (Å²) in [6.45, 7) is 5.95. The third-order valence-electron chi connectivity index (χ3n) is 4.77. The zero-order chi connectivity index (χ0) is 17.8. The van der Waals surface area contributed by atoms with Gasteiger partial charge in [-0.2, -0.15) is 5.10 Å². The zero-order valence-electron chi connectivity index (χ0n) is 14.8. The fourth-order valence-electron chi connectivity index (χ4n) is 3.36. The van der Waals surface area contributed by atoms with Crippen molar-refractivity contribution in [3.8, 4) is 0 Å². The van der Waals surface area contributed by atoms with Crippen LogP contribution in [-0.4, -0.2) is 44.4 Å². The standard InChI is InChI=1S/C19H24N4O2/c1-3-10-23-14(2)16(12-21-23)19(25)22-11-6-7-15(13-22)18(24)17-8-4-5-9-20-17/h4-5,8-9,12,15H,3,6-7,10-11,13H2,1-2H3. The Balaban J connectivity index is 1.73. The Bertz CT molecular complexity index is 754. The van der Waals surface area contributed by atoms with Crippen LogP contribution in [0.15, 0.2) is 30.6 Å². The number of carbonyl (C=O) groups excluding carboxylic acids is 2. The monoisotopic (exact) mass is 340 g/mol. The molecule has 0 radical (unpaired) electrons. The number of likely N-dealkylation sites (tertiary alicyclic amines) is 1. The molecule has 2 aromatic heterocycles. The second kappa shape index (κ2) is 7.59. The number of ketones is 1. The van der Waals surface area contributed by atoms with Crippen molar-refractivity contribution in [2.24, 2.45) is 5.92 Å². The first-order valence-corrected chi connectivity index (χ1v) is 8.88. The van der Waals surface area contributed by atoms with Crippen LogP contribution in [-0.2, 0) is 6.54 Å². The van der Waals surface area contributed by atoms with Gasteiger partial charge in [-0.25, -0.2) is 0 Å². The molecule has 1 aliphatic rings. The molecule has 1 aliphatic heterocycles. The SMILES string of the molecule is CCCn1ncc(C(=O)N2CCCC(C(=O)c3ccccn3)C2)c1C. The van der Waals surface area contributed by atoms with Crippen LogP contribution in [0.25, 0.3) is 0 Å². The second-order valence-corrected chi connectivity index (χ2v) is 6.54. The van der Waals surface area contributed by atoms with Gasteiger partial charge in [-0.15, -0.1) is 0 Å². The highest BCUT2D eigenvalue weighted by molar-refractivity contribution is 5.98. The Morgan fingerprint density at radius 2 is 2.16 bits per heavy atom. The van der Waals surface area contributed by atoms with Gasteiger partial charge in [-0.1, -0.05) is 13.0 Å². The largest absolute Gasteiger partial charge is 0.338 e. The maximum atomic E-state index is 12.9. The highest BCUT2D eigenvalue weighted by Gasteiger charge is 2.31. The summed E-state index contributed by atoms with van der Waals surface area (Å²) in [7, 11) is 0. The Morgan fingerprint density at radius 3 is 2.88 bits per heavy atom. The summed E-state index contributed by atoms with van der Waals surface area (Å²) in [5.41, 5.74) is 2.01. The van der Waals surface area contributed by atoms with Crippen molar-refractivity contribution in [3.05, 3.63) is 47.5 Å². The van der Waals surface area contributed by atoms with Crippen molar-refractivity contribution in [1.29, 1.82) is 0 Å². The van der Waals surface area contributed by atoms with E-state index in [0.717, 1.165) is 31.5 Å². The van der Waals surface area contributed by atoms with Crippen molar-refractivity contribution >= 4 is 11.7 Å². The van der Waals surface area contributed by atoms with E-state index in [4.69, 9.17) is 0 Å². The summed E-state index contributed by atoms with van der Waals surface area (Å²) >= 11 is 0. The molecule has 3 rings (SSSR count). The highest BCUT2D eigenvalue weighted by atomic mass is 16.2. The first-order valence-electron chi connectivity index (χ1n) is 8.88. The molecule has 1 amide bonds. The molecule has 1 unspecified atom stereocenters. The van der Waals surface area contributed by atoms with E-state index in [1.54, 1.807) is 29.4 Å². The number of Topliss-reactive ketones (excluding diaryl/α,β-unsaturated/α-hetero) is 1. The van der Waals surface area contributed by atoms with Crippen LogP contribution in [0.2, 0.25) is 0 Å². The summed E-state index contributed by atoms with van der Waals surface area (Å²) in [6.07, 6.45) is 5.88. The molecule has 132 valence electrons. The Kier molecular flexibility index (Phi) is 5.26. The molecule has 0 aromatic carbocycles. The Labute approximate surface area is 147 Å². The van der Waals surface area contributed by atoms with E-state index in [9.17, 15) is 9.59 Å². The smallest absolute Gasteiger partial charge is 0.257 e. The van der Waals surface area contributed by atoms with Crippen LogP contribution in [0, 0.1) is 12.8 Å². The highest BCUT2D eigenvalue weighted by Crippen LogP contribution is 2.22. The minimum atomic E-state index is -0.182. The van der Waals surface area contributed by atoms with Gasteiger partial charge >= 0.3 is 0 Å². The number of aryl methyl sites for hydroxylation is 1. The summed E-state index contributed by atoms with van der Waals surface area (Å²) in [6, 6.07) is 5.35. The first kappa shape index (κ1) is 17.3. The molecule has 1 fully saturated rings. The van der Waals surface area contributed by atoms with Crippen LogP contribution >= 0.6 is 0 Å². The molecule has 1 atom stereocenters. The molecule has 3 heterocycles. The molecule has 0 spiro atoms. The number of aromatic nitrogens is 3. The number of hydrogen-bond donors (Lipinski definition) is 0. The maximum absolute atomic E-state index is 12.9. The number of rotatable bonds is 5. The van der Waals surface area contributed by atoms with Crippen LogP contribution in [0.1, 0.15) is 52.7 Å². The maximum Gasteiger partial charge on any atom is 0.257 e. The van der Waals surface area contributed by atoms with Gasteiger partial charge in [0, 0.05) is 37.4 Å². The van der Waals surface area contributed by atoms with Crippen molar-refractivity contribution in [2.75, 3.05) is 13.1 Å². The normalized spacial score (nSPS) is 17.5. The minimum Gasteiger partial charge on any atom is -0.338 e. The van der Waals surface area contributed by atoms with Gasteiger partial charge in [0.15, 0.2) is 5.78 Å². The number of hydrogen-bond acceptors (Lipinski definition) is 4. The van der Waals surface area contributed by atoms with Gasteiger partial charge in [0.25, 0.3) is 5.91 Å². The quantitative estimate of drug-likeness (QED) is 0.785. The minimum absolute atomic E-state index is 0.0245. The average Bonchev–Trinajstić information content (AvgIpc) is 3.02. The van der Waals surface area contributed by atoms with E-state index in [1.807, 2.05) is 17.7 Å². The van der Waals surface area contributed by atoms with Gasteiger partial charge in [-0.05, 0) is 38.3 Å². The van der Waals surface area contributed by atoms with E-state index < -0.39 is 0 Å². The number of pyridine rings is 1. The lowest BCUT2D eigenvalue weighted by Gasteiger charge is -2.31. The summed E-state index contributed by atoms with van der Waals surface area (Å²) in [5.74, 6) is -0.187. The lowest BCUT2D eigenvalue weighted by molar-refractivity contribution is 0.0634. The van der Waals surface area contributed by atoms with Gasteiger partial charge in [0.1, 0.15) is 5.69 Å². The molecule has 1 saturated heterocycles. The number of carbonyl (C=O) groups is 2. The topological polar surface area (TPSA) is 68.1 Å². The molecule has 25 heavy (non-hydrogen) atoms. The summed E-state index contributed by atoms with van der Waals surface area (Å²) < 4.78 is 1.87. The first-order chi connectivity index (χ1) is 12.1. The van der Waals surface area contributed by atoms with Crippen LogP contribution in [0.3, 0.4) is 0 Å². The van der Waals surface area contributed by atoms with E-state index in [1.165, 1.54) is 0 Å². The van der Waals surface area contributed by atoms with Crippen LogP contribution in [0.4, 0.5) is 0 Å². The molecule has 0 saturated carbocycles. The fourth-order valence-corrected chi connectivity index (χ4v) is 3.36. The zero-order valence-corrected chi connectivity index (χ0v) is 14.8. The number of piperidine rings is 1. The molecular weight excluding hydrogens is 316 g/mol. The lowest BCUT2D eigenvalue weighted by atomic mass is 9.91.